The maximum absolute atomic E-state index is 11.9. The van der Waals surface area contributed by atoms with Crippen molar-refractivity contribution in [2.45, 2.75) is 42.1 Å². The van der Waals surface area contributed by atoms with Crippen LogP contribution >= 0.6 is 22.6 Å². The molecule has 2 N–H and O–H groups in total. The van der Waals surface area contributed by atoms with Crippen LogP contribution in [0.15, 0.2) is 54.7 Å². The molecule has 0 radical (unpaired) electrons. The molecule has 0 saturated carbocycles. The number of rotatable bonds is 8. The molecule has 2 aliphatic heterocycles. The van der Waals surface area contributed by atoms with Crippen LogP contribution in [0.3, 0.4) is 0 Å². The van der Waals surface area contributed by atoms with Crippen LogP contribution in [0.5, 0.6) is 0 Å². The summed E-state index contributed by atoms with van der Waals surface area (Å²) in [6, 6.07) is 14.9. The van der Waals surface area contributed by atoms with Gasteiger partial charge in [0.15, 0.2) is 6.29 Å². The van der Waals surface area contributed by atoms with Crippen LogP contribution < -0.4 is 10.8 Å². The minimum atomic E-state index is -0.355. The number of hydrogen-bond donors (Lipinski definition) is 2. The molecule has 0 aliphatic carbocycles. The molecule has 1 amide bonds. The Labute approximate surface area is 202 Å². The first-order valence-corrected chi connectivity index (χ1v) is 12.3. The molecule has 3 heterocycles. The maximum Gasteiger partial charge on any atom is 0.267 e. The third-order valence-corrected chi connectivity index (χ3v) is 7.11. The lowest BCUT2D eigenvalue weighted by molar-refractivity contribution is -0.198. The van der Waals surface area contributed by atoms with Crippen molar-refractivity contribution in [2.24, 2.45) is 0 Å². The van der Waals surface area contributed by atoms with Gasteiger partial charge < -0.3 is 10.1 Å². The molecule has 0 bridgehead atoms. The lowest BCUT2D eigenvalue weighted by Crippen LogP contribution is -2.32. The Morgan fingerprint density at radius 3 is 2.84 bits per heavy atom. The van der Waals surface area contributed by atoms with Crippen molar-refractivity contribution in [3.05, 3.63) is 66.0 Å². The fourth-order valence-electron chi connectivity index (χ4n) is 3.88. The minimum Gasteiger partial charge on any atom is -0.380 e. The topological polar surface area (TPSA) is 75.7 Å². The number of ether oxygens (including phenoxy) is 1. The average Bonchev–Trinajstić information content (AvgIpc) is 3.31. The lowest BCUT2D eigenvalue weighted by atomic mass is 10.2. The molecule has 2 aliphatic rings. The molecule has 32 heavy (non-hydrogen) atoms. The van der Waals surface area contributed by atoms with E-state index in [0.717, 1.165) is 44.5 Å². The monoisotopic (exact) mass is 548 g/mol. The third-order valence-electron chi connectivity index (χ3n) is 5.61. The fraction of sp³-hybridized carbons (Fsp3) is 0.417. The molecule has 7 nitrogen and oxygen atoms in total. The highest BCUT2D eigenvalue weighted by Gasteiger charge is 2.27. The van der Waals surface area contributed by atoms with Gasteiger partial charge in [0.1, 0.15) is 0 Å². The van der Waals surface area contributed by atoms with E-state index in [0.29, 0.717) is 22.4 Å². The largest absolute Gasteiger partial charge is 0.380 e. The van der Waals surface area contributed by atoms with Gasteiger partial charge in [-0.1, -0.05) is 52.9 Å². The van der Waals surface area contributed by atoms with Gasteiger partial charge in [-0.2, -0.15) is 0 Å². The van der Waals surface area contributed by atoms with Crippen LogP contribution in [0.4, 0.5) is 5.69 Å². The first kappa shape index (κ1) is 23.2. The van der Waals surface area contributed by atoms with Crippen LogP contribution in [0.1, 0.15) is 41.0 Å². The smallest absolute Gasteiger partial charge is 0.267 e. The normalized spacial score (nSPS) is 22.7. The highest BCUT2D eigenvalue weighted by atomic mass is 127. The number of amides is 1. The average molecular weight is 548 g/mol. The molecule has 1 aromatic carbocycles. The van der Waals surface area contributed by atoms with Gasteiger partial charge >= 0.3 is 0 Å². The molecule has 1 aromatic heterocycles. The quantitative estimate of drug-likeness (QED) is 0.169. The molecule has 170 valence electrons. The predicted octanol–water partition coefficient (Wildman–Crippen LogP) is 4.29. The second-order valence-electron chi connectivity index (χ2n) is 8.06. The second-order valence-corrected chi connectivity index (χ2v) is 9.24. The van der Waals surface area contributed by atoms with Crippen molar-refractivity contribution in [3.63, 3.8) is 0 Å². The summed E-state index contributed by atoms with van der Waals surface area (Å²) in [6.07, 6.45) is 8.51. The van der Waals surface area contributed by atoms with E-state index in [2.05, 4.69) is 73.6 Å². The Hall–Kier alpha value is -2.01. The van der Waals surface area contributed by atoms with Gasteiger partial charge in [-0.3, -0.25) is 14.7 Å². The summed E-state index contributed by atoms with van der Waals surface area (Å²) in [5.41, 5.74) is 5.45. The van der Waals surface area contributed by atoms with Crippen LogP contribution in [0, 0.1) is 0 Å². The van der Waals surface area contributed by atoms with Gasteiger partial charge in [-0.05, 0) is 43.0 Å². The number of alkyl halides is 1. The number of carbonyl (C=O) groups excluding carboxylic acids is 1. The van der Waals surface area contributed by atoms with E-state index in [-0.39, 0.29) is 12.2 Å². The molecule has 2 unspecified atom stereocenters. The van der Waals surface area contributed by atoms with E-state index in [4.69, 9.17) is 9.57 Å². The molecular weight excluding hydrogens is 519 g/mol. The third kappa shape index (κ3) is 6.74. The van der Waals surface area contributed by atoms with Crippen LogP contribution in [0.25, 0.3) is 6.08 Å². The Balaban J connectivity index is 1.21. The summed E-state index contributed by atoms with van der Waals surface area (Å²) in [6.45, 7) is 2.73. The van der Waals surface area contributed by atoms with Crippen molar-refractivity contribution in [1.82, 2.24) is 15.4 Å². The molecule has 2 fully saturated rings. The number of benzene rings is 1. The van der Waals surface area contributed by atoms with E-state index in [1.165, 1.54) is 11.6 Å². The summed E-state index contributed by atoms with van der Waals surface area (Å²) in [5.74, 6) is -0.332. The zero-order valence-corrected chi connectivity index (χ0v) is 20.1. The first-order chi connectivity index (χ1) is 15.7. The van der Waals surface area contributed by atoms with Crippen LogP contribution in [-0.2, 0) is 14.4 Å². The van der Waals surface area contributed by atoms with Crippen molar-refractivity contribution in [2.75, 3.05) is 25.0 Å². The summed E-state index contributed by atoms with van der Waals surface area (Å²) in [7, 11) is 0. The van der Waals surface area contributed by atoms with E-state index in [1.54, 1.807) is 6.08 Å². The van der Waals surface area contributed by atoms with Crippen molar-refractivity contribution < 1.29 is 14.4 Å². The molecule has 3 atom stereocenters. The predicted molar refractivity (Wildman–Crippen MR) is 133 cm³/mol. The van der Waals surface area contributed by atoms with Crippen molar-refractivity contribution in [3.8, 4) is 0 Å². The lowest BCUT2D eigenvalue weighted by Gasteiger charge is -2.23. The Morgan fingerprint density at radius 2 is 2.09 bits per heavy atom. The second kappa shape index (κ2) is 11.7. The Kier molecular flexibility index (Phi) is 8.49. The van der Waals surface area contributed by atoms with Crippen LogP contribution in [0.2, 0.25) is 0 Å². The molecule has 4 rings (SSSR count). The van der Waals surface area contributed by atoms with Crippen LogP contribution in [-0.4, -0.2) is 47.8 Å². The van der Waals surface area contributed by atoms with Gasteiger partial charge in [0.05, 0.1) is 21.6 Å². The highest BCUT2D eigenvalue weighted by molar-refractivity contribution is 14.1. The van der Waals surface area contributed by atoms with Crippen molar-refractivity contribution in [1.29, 1.82) is 0 Å². The number of aromatic nitrogens is 1. The fourth-order valence-corrected chi connectivity index (χ4v) is 4.80. The maximum atomic E-state index is 11.9. The zero-order chi connectivity index (χ0) is 22.2. The summed E-state index contributed by atoms with van der Waals surface area (Å²) >= 11 is 2.52. The molecule has 0 spiro atoms. The SMILES string of the molecule is O=C(C=Cc1ccc(N[C@@H]2CCN(C(I)c3ccccc3)C2)cn1)NOC1CCCCO1. The standard InChI is InChI=1S/C24H29IN4O3/c25-24(18-6-2-1-3-7-18)29-14-13-21(17-29)27-20-10-9-19(26-16-20)11-12-22(30)28-32-23-8-4-5-15-31-23/h1-3,6-7,9-12,16,21,23-24,27H,4-5,8,13-15,17H2,(H,28,30)/t21-,23?,24?/m1/s1. The number of pyridine rings is 1. The number of halogens is 1. The number of nitrogens with zero attached hydrogens (tertiary/aromatic N) is 2. The summed E-state index contributed by atoms with van der Waals surface area (Å²) < 4.78 is 5.80. The zero-order valence-electron chi connectivity index (χ0n) is 18.0. The van der Waals surface area contributed by atoms with Gasteiger partial charge in [0, 0.05) is 38.2 Å². The highest BCUT2D eigenvalue weighted by Crippen LogP contribution is 2.31. The van der Waals surface area contributed by atoms with E-state index in [1.807, 2.05) is 18.3 Å². The number of carbonyl (C=O) groups is 1. The van der Waals surface area contributed by atoms with Gasteiger partial charge in [0.25, 0.3) is 5.91 Å². The summed E-state index contributed by atoms with van der Waals surface area (Å²) in [4.78, 5) is 24.1. The molecule has 2 aromatic rings. The first-order valence-electron chi connectivity index (χ1n) is 11.1. The van der Waals surface area contributed by atoms with Gasteiger partial charge in [0.2, 0.25) is 0 Å². The van der Waals surface area contributed by atoms with E-state index >= 15 is 0 Å². The summed E-state index contributed by atoms with van der Waals surface area (Å²) in [5, 5.41) is 3.58. The number of anilines is 1. The molecular formula is C24H29IN4O3. The minimum absolute atomic E-state index is 0.332. The Morgan fingerprint density at radius 1 is 1.22 bits per heavy atom. The van der Waals surface area contributed by atoms with Gasteiger partial charge in [-0.15, -0.1) is 0 Å². The van der Waals surface area contributed by atoms with E-state index < -0.39 is 0 Å². The molecule has 2 saturated heterocycles. The number of hydrogen-bond acceptors (Lipinski definition) is 6. The Bertz CT molecular complexity index is 888. The number of nitrogens with one attached hydrogen (secondary N) is 2. The number of likely N-dealkylation sites (tertiary alicyclic amines) is 1. The molecule has 8 heteroatoms. The number of hydroxylamine groups is 1. The van der Waals surface area contributed by atoms with Gasteiger partial charge in [-0.25, -0.2) is 10.3 Å². The van der Waals surface area contributed by atoms with Crippen molar-refractivity contribution >= 4 is 40.3 Å². The van der Waals surface area contributed by atoms with E-state index in [9.17, 15) is 4.79 Å².